The van der Waals surface area contributed by atoms with Gasteiger partial charge in [0.15, 0.2) is 11.8 Å². The molecular formula is C21H23N5O3. The van der Waals surface area contributed by atoms with Crippen molar-refractivity contribution in [2.24, 2.45) is 16.5 Å². The van der Waals surface area contributed by atoms with Crippen LogP contribution in [0.4, 0.5) is 5.82 Å². The first kappa shape index (κ1) is 20.1. The maximum absolute atomic E-state index is 5.83. The van der Waals surface area contributed by atoms with E-state index in [0.717, 1.165) is 22.4 Å². The molecule has 4 N–H and O–H groups in total. The molecule has 0 saturated heterocycles. The first-order chi connectivity index (χ1) is 14.2. The second kappa shape index (κ2) is 10.0. The Balaban J connectivity index is 1.61. The third kappa shape index (κ3) is 5.91. The van der Waals surface area contributed by atoms with Crippen molar-refractivity contribution in [3.63, 3.8) is 0 Å². The van der Waals surface area contributed by atoms with Crippen LogP contribution in [0.2, 0.25) is 0 Å². The molecule has 150 valence electrons. The molecule has 0 radical (unpaired) electrons. The van der Waals surface area contributed by atoms with Gasteiger partial charge in [0.25, 0.3) is 0 Å². The Kier molecular flexibility index (Phi) is 6.96. The minimum Gasteiger partial charge on any atom is -0.489 e. The van der Waals surface area contributed by atoms with Gasteiger partial charge in [0.1, 0.15) is 19.0 Å². The Morgan fingerprint density at radius 3 is 2.48 bits per heavy atom. The predicted octanol–water partition coefficient (Wildman–Crippen LogP) is 2.65. The molecule has 8 nitrogen and oxygen atoms in total. The maximum atomic E-state index is 5.83. The lowest BCUT2D eigenvalue weighted by Crippen LogP contribution is -2.22. The summed E-state index contributed by atoms with van der Waals surface area (Å²) in [6.07, 6.45) is 3.37. The Bertz CT molecular complexity index is 939. The van der Waals surface area contributed by atoms with Gasteiger partial charge in [0, 0.05) is 36.7 Å². The number of hydrogen-bond donors (Lipinski definition) is 2. The summed E-state index contributed by atoms with van der Waals surface area (Å²) in [5.74, 6) is 1.73. The van der Waals surface area contributed by atoms with Crippen molar-refractivity contribution in [3.05, 3.63) is 66.5 Å². The number of ether oxygens (including phenoxy) is 3. The van der Waals surface area contributed by atoms with Crippen LogP contribution in [0.15, 0.2) is 65.9 Å². The van der Waals surface area contributed by atoms with E-state index in [-0.39, 0.29) is 5.96 Å². The molecule has 2 heterocycles. The largest absolute Gasteiger partial charge is 0.489 e. The molecular weight excluding hydrogens is 370 g/mol. The molecule has 0 saturated carbocycles. The number of hydrogen-bond acceptors (Lipinski definition) is 6. The second-order valence-corrected chi connectivity index (χ2v) is 6.07. The number of nitrogens with zero attached hydrogens (tertiary/aromatic N) is 3. The lowest BCUT2D eigenvalue weighted by atomic mass is 10.1. The summed E-state index contributed by atoms with van der Waals surface area (Å²) in [6.45, 7) is 1.39. The fraction of sp³-hybridized carbons (Fsp3) is 0.190. The summed E-state index contributed by atoms with van der Waals surface area (Å²) in [4.78, 5) is 12.5. The third-order valence-corrected chi connectivity index (χ3v) is 3.93. The highest BCUT2D eigenvalue weighted by Gasteiger charge is 2.06. The van der Waals surface area contributed by atoms with Gasteiger partial charge in [-0.15, -0.1) is 0 Å². The van der Waals surface area contributed by atoms with E-state index in [1.165, 1.54) is 0 Å². The van der Waals surface area contributed by atoms with Crippen molar-refractivity contribution in [3.8, 4) is 22.8 Å². The first-order valence-electron chi connectivity index (χ1n) is 9.00. The minimum atomic E-state index is -0.0337. The van der Waals surface area contributed by atoms with Crippen molar-refractivity contribution < 1.29 is 14.2 Å². The van der Waals surface area contributed by atoms with Gasteiger partial charge in [-0.25, -0.2) is 9.97 Å². The summed E-state index contributed by atoms with van der Waals surface area (Å²) < 4.78 is 16.2. The number of nitrogens with two attached hydrogens (primary N) is 2. The number of rotatable bonds is 9. The monoisotopic (exact) mass is 393 g/mol. The predicted molar refractivity (Wildman–Crippen MR) is 111 cm³/mol. The highest BCUT2D eigenvalue weighted by molar-refractivity contribution is 5.83. The third-order valence-electron chi connectivity index (χ3n) is 3.93. The second-order valence-electron chi connectivity index (χ2n) is 6.07. The van der Waals surface area contributed by atoms with Crippen molar-refractivity contribution in [2.75, 3.05) is 20.3 Å². The van der Waals surface area contributed by atoms with Gasteiger partial charge in [-0.1, -0.05) is 12.1 Å². The first-order valence-corrected chi connectivity index (χ1v) is 9.00. The molecule has 0 unspecified atom stereocenters. The molecule has 1 aromatic carbocycles. The summed E-state index contributed by atoms with van der Waals surface area (Å²) in [7, 11) is 1.63. The average molecular weight is 393 g/mol. The average Bonchev–Trinajstić information content (AvgIpc) is 2.74. The zero-order valence-corrected chi connectivity index (χ0v) is 16.1. The molecule has 3 rings (SSSR count). The zero-order valence-electron chi connectivity index (χ0n) is 16.1. The molecule has 8 heteroatoms. The fourth-order valence-corrected chi connectivity index (χ4v) is 2.54. The zero-order chi connectivity index (χ0) is 20.5. The smallest absolute Gasteiger partial charge is 0.213 e. The van der Waals surface area contributed by atoms with Crippen LogP contribution in [0.3, 0.4) is 0 Å². The van der Waals surface area contributed by atoms with Crippen LogP contribution in [-0.4, -0.2) is 36.3 Å². The maximum Gasteiger partial charge on any atom is 0.213 e. The van der Waals surface area contributed by atoms with Crippen LogP contribution in [0.25, 0.3) is 11.1 Å². The van der Waals surface area contributed by atoms with Crippen molar-refractivity contribution in [2.45, 2.75) is 6.61 Å². The molecule has 0 bridgehead atoms. The van der Waals surface area contributed by atoms with Gasteiger partial charge in [-0.3, -0.25) is 0 Å². The van der Waals surface area contributed by atoms with Gasteiger partial charge in [-0.2, -0.15) is 4.99 Å². The number of benzene rings is 1. The van der Waals surface area contributed by atoms with Crippen molar-refractivity contribution in [1.29, 1.82) is 0 Å². The van der Waals surface area contributed by atoms with E-state index in [0.29, 0.717) is 31.5 Å². The van der Waals surface area contributed by atoms with Crippen LogP contribution in [0.1, 0.15) is 5.56 Å². The minimum absolute atomic E-state index is 0.0337. The summed E-state index contributed by atoms with van der Waals surface area (Å²) in [6, 6.07) is 15.1. The fourth-order valence-electron chi connectivity index (χ4n) is 2.54. The summed E-state index contributed by atoms with van der Waals surface area (Å²) >= 11 is 0. The van der Waals surface area contributed by atoms with Gasteiger partial charge < -0.3 is 25.7 Å². The summed E-state index contributed by atoms with van der Waals surface area (Å²) in [5, 5.41) is 0. The van der Waals surface area contributed by atoms with E-state index in [9.17, 15) is 0 Å². The van der Waals surface area contributed by atoms with E-state index in [4.69, 9.17) is 25.7 Å². The topological polar surface area (TPSA) is 118 Å². The molecule has 0 aliphatic heterocycles. The van der Waals surface area contributed by atoms with Gasteiger partial charge in [0.05, 0.1) is 6.61 Å². The molecule has 0 fully saturated rings. The standard InChI is InChI=1S/C21H23N5O3/c1-27-11-12-28-19-9-4-15(13-25-19)14-29-17-7-5-16(6-8-17)18-3-2-10-24-20(18)26-21(22)23/h2-10,13H,11-12,14H2,1H3,(H4,22,23,24,26). The SMILES string of the molecule is COCCOc1ccc(COc2ccc(-c3cccnc3N=C(N)N)cc2)cn1. The van der Waals surface area contributed by atoms with Crippen molar-refractivity contribution in [1.82, 2.24) is 9.97 Å². The molecule has 0 aliphatic rings. The highest BCUT2D eigenvalue weighted by Crippen LogP contribution is 2.29. The number of pyridine rings is 2. The molecule has 0 atom stereocenters. The quantitative estimate of drug-likeness (QED) is 0.326. The van der Waals surface area contributed by atoms with Crippen LogP contribution >= 0.6 is 0 Å². The van der Waals surface area contributed by atoms with Crippen LogP contribution in [0.5, 0.6) is 11.6 Å². The van der Waals surface area contributed by atoms with Crippen molar-refractivity contribution >= 4 is 11.8 Å². The molecule has 3 aromatic rings. The number of methoxy groups -OCH3 is 1. The van der Waals surface area contributed by atoms with E-state index in [1.54, 1.807) is 19.5 Å². The number of aliphatic imine (C=N–C) groups is 1. The molecule has 0 aliphatic carbocycles. The highest BCUT2D eigenvalue weighted by atomic mass is 16.5. The van der Waals surface area contributed by atoms with E-state index < -0.39 is 0 Å². The number of guanidine groups is 1. The Labute approximate surface area is 169 Å². The Morgan fingerprint density at radius 2 is 1.79 bits per heavy atom. The van der Waals surface area contributed by atoms with Crippen LogP contribution in [0, 0.1) is 0 Å². The number of aromatic nitrogens is 2. The van der Waals surface area contributed by atoms with Gasteiger partial charge >= 0.3 is 0 Å². The van der Waals surface area contributed by atoms with E-state index >= 15 is 0 Å². The van der Waals surface area contributed by atoms with Crippen LogP contribution < -0.4 is 20.9 Å². The summed E-state index contributed by atoms with van der Waals surface area (Å²) in [5.41, 5.74) is 13.7. The molecule has 0 spiro atoms. The Hall–Kier alpha value is -3.65. The molecule has 2 aromatic heterocycles. The van der Waals surface area contributed by atoms with E-state index in [2.05, 4.69) is 15.0 Å². The molecule has 0 amide bonds. The van der Waals surface area contributed by atoms with Gasteiger partial charge in [0.2, 0.25) is 5.88 Å². The van der Waals surface area contributed by atoms with Gasteiger partial charge in [-0.05, 0) is 35.9 Å². The van der Waals surface area contributed by atoms with E-state index in [1.807, 2.05) is 48.5 Å². The van der Waals surface area contributed by atoms with Crippen LogP contribution in [-0.2, 0) is 11.3 Å². The normalized spacial score (nSPS) is 10.4. The Morgan fingerprint density at radius 1 is 0.966 bits per heavy atom. The lowest BCUT2D eigenvalue weighted by Gasteiger charge is -2.09. The lowest BCUT2D eigenvalue weighted by molar-refractivity contribution is 0.143. The molecule has 29 heavy (non-hydrogen) atoms.